The van der Waals surface area contributed by atoms with Crippen molar-refractivity contribution in [3.63, 3.8) is 0 Å². The summed E-state index contributed by atoms with van der Waals surface area (Å²) in [7, 11) is 0. The molecule has 0 bridgehead atoms. The Morgan fingerprint density at radius 1 is 0.750 bits per heavy atom. The SMILES string of the molecule is CC1C=c2c(/N=N\c3ccc(C(=O)C=Cc4ccc(N=Nc5c(O)ccc6cc(C(=O)NC(=O)Nc7cccc(Cl)c7)ccc56)cc4)cc3)c(O)ccc2=CC1. The van der Waals surface area contributed by atoms with Crippen LogP contribution in [0.4, 0.5) is 33.2 Å². The van der Waals surface area contributed by atoms with Gasteiger partial charge < -0.3 is 15.5 Å². The zero-order chi connectivity index (χ0) is 39.2. The minimum atomic E-state index is -0.715. The second kappa shape index (κ2) is 16.4. The van der Waals surface area contributed by atoms with E-state index >= 15 is 0 Å². The Kier molecular flexibility index (Phi) is 10.9. The van der Waals surface area contributed by atoms with Crippen molar-refractivity contribution in [3.8, 4) is 11.5 Å². The summed E-state index contributed by atoms with van der Waals surface area (Å²) in [5.41, 5.74) is 3.58. The summed E-state index contributed by atoms with van der Waals surface area (Å²) < 4.78 is 0. The number of allylic oxidation sites excluding steroid dienone is 1. The Morgan fingerprint density at radius 3 is 2.18 bits per heavy atom. The second-order valence-electron chi connectivity index (χ2n) is 13.0. The molecule has 11 nitrogen and oxygen atoms in total. The summed E-state index contributed by atoms with van der Waals surface area (Å²) in [5.74, 6) is -0.522. The smallest absolute Gasteiger partial charge is 0.326 e. The molecular weight excluding hydrogens is 728 g/mol. The Hall–Kier alpha value is -7.24. The molecule has 3 amide bonds. The van der Waals surface area contributed by atoms with Crippen LogP contribution in [0, 0.1) is 5.92 Å². The van der Waals surface area contributed by atoms with Crippen molar-refractivity contribution in [1.82, 2.24) is 5.32 Å². The molecule has 0 aromatic heterocycles. The summed E-state index contributed by atoms with van der Waals surface area (Å²) in [6.45, 7) is 2.11. The summed E-state index contributed by atoms with van der Waals surface area (Å²) in [5, 5.41) is 46.5. The Balaban J connectivity index is 0.974. The molecule has 1 aliphatic carbocycles. The maximum absolute atomic E-state index is 12.9. The van der Waals surface area contributed by atoms with Crippen LogP contribution in [0.2, 0.25) is 5.02 Å². The molecule has 0 aliphatic heterocycles. The molecule has 56 heavy (non-hydrogen) atoms. The Morgan fingerprint density at radius 2 is 1.43 bits per heavy atom. The number of azo groups is 2. The van der Waals surface area contributed by atoms with Gasteiger partial charge in [0.2, 0.25) is 0 Å². The maximum atomic E-state index is 12.9. The molecule has 276 valence electrons. The first kappa shape index (κ1) is 37.1. The third-order valence-corrected chi connectivity index (χ3v) is 9.17. The van der Waals surface area contributed by atoms with Gasteiger partial charge >= 0.3 is 6.03 Å². The number of nitrogens with zero attached hydrogens (tertiary/aromatic N) is 4. The highest BCUT2D eigenvalue weighted by Gasteiger charge is 2.14. The highest BCUT2D eigenvalue weighted by Crippen LogP contribution is 2.36. The number of phenolic OH excluding ortho intramolecular Hbond substituents is 2. The molecule has 6 aromatic rings. The van der Waals surface area contributed by atoms with E-state index in [4.69, 9.17) is 11.6 Å². The van der Waals surface area contributed by atoms with Gasteiger partial charge in [-0.25, -0.2) is 4.79 Å². The molecule has 0 fully saturated rings. The molecule has 1 aliphatic rings. The van der Waals surface area contributed by atoms with Crippen LogP contribution in [0.1, 0.15) is 39.6 Å². The molecule has 4 N–H and O–H groups in total. The zero-order valence-electron chi connectivity index (χ0n) is 29.8. The van der Waals surface area contributed by atoms with Crippen LogP contribution in [-0.4, -0.2) is 27.9 Å². The number of halogens is 1. The third-order valence-electron chi connectivity index (χ3n) is 8.94. The highest BCUT2D eigenvalue weighted by atomic mass is 35.5. The molecular formula is C44H33ClN6O5. The number of rotatable bonds is 9. The topological polar surface area (TPSA) is 165 Å². The Labute approximate surface area is 325 Å². The number of carbonyl (C=O) groups is 3. The van der Waals surface area contributed by atoms with E-state index in [0.29, 0.717) is 50.0 Å². The van der Waals surface area contributed by atoms with Crippen LogP contribution in [0.25, 0.3) is 29.0 Å². The fourth-order valence-corrected chi connectivity index (χ4v) is 6.21. The fourth-order valence-electron chi connectivity index (χ4n) is 6.02. The van der Waals surface area contributed by atoms with Crippen molar-refractivity contribution in [2.45, 2.75) is 13.3 Å². The summed E-state index contributed by atoms with van der Waals surface area (Å²) >= 11 is 5.96. The summed E-state index contributed by atoms with van der Waals surface area (Å²) in [6.07, 6.45) is 8.32. The lowest BCUT2D eigenvalue weighted by atomic mass is 9.98. The number of aromatic hydroxyl groups is 2. The number of imide groups is 1. The molecule has 6 aromatic carbocycles. The standard InChI is InChI=1S/C44H33ClN6O5/c1-26-5-9-28-13-21-40(54)42(37(28)23-26)51-49-34-17-10-29(11-18-34)38(52)20-8-27-6-15-33(16-7-27)48-50-41-36-19-12-31(24-30(36)14-22-39(41)53)43(55)47-44(56)46-35-4-2-3-32(45)25-35/h2-4,6-26,53-54H,5H2,1H3,(H2,46,47,55,56)/b20-8?,50-48?,51-49-. The van der Waals surface area contributed by atoms with Gasteiger partial charge in [0.1, 0.15) is 22.9 Å². The van der Waals surface area contributed by atoms with E-state index in [1.165, 1.54) is 18.2 Å². The average Bonchev–Trinajstić information content (AvgIpc) is 3.19. The van der Waals surface area contributed by atoms with E-state index in [-0.39, 0.29) is 28.5 Å². The van der Waals surface area contributed by atoms with Gasteiger partial charge in [-0.1, -0.05) is 73.2 Å². The van der Waals surface area contributed by atoms with Crippen molar-refractivity contribution in [1.29, 1.82) is 0 Å². The summed E-state index contributed by atoms with van der Waals surface area (Å²) in [6, 6.07) is 30.9. The predicted octanol–water partition coefficient (Wildman–Crippen LogP) is 10.2. The lowest BCUT2D eigenvalue weighted by Gasteiger charge is -2.09. The predicted molar refractivity (Wildman–Crippen MR) is 218 cm³/mol. The average molecular weight is 761 g/mol. The van der Waals surface area contributed by atoms with Gasteiger partial charge in [-0.2, -0.15) is 10.2 Å². The first-order chi connectivity index (χ1) is 27.1. The maximum Gasteiger partial charge on any atom is 0.326 e. The molecule has 0 saturated heterocycles. The van der Waals surface area contributed by atoms with Crippen molar-refractivity contribution in [3.05, 3.63) is 153 Å². The second-order valence-corrected chi connectivity index (χ2v) is 13.5. The number of amides is 3. The van der Waals surface area contributed by atoms with E-state index < -0.39 is 11.9 Å². The van der Waals surface area contributed by atoms with Crippen LogP contribution in [-0.2, 0) is 0 Å². The number of carbonyl (C=O) groups excluding carboxylic acids is 3. The van der Waals surface area contributed by atoms with Gasteiger partial charge in [-0.15, -0.1) is 10.2 Å². The van der Waals surface area contributed by atoms with Gasteiger partial charge in [-0.3, -0.25) is 14.9 Å². The van der Waals surface area contributed by atoms with E-state index in [2.05, 4.69) is 50.2 Å². The minimum Gasteiger partial charge on any atom is -0.506 e. The molecule has 12 heteroatoms. The first-order valence-electron chi connectivity index (χ1n) is 17.5. The van der Waals surface area contributed by atoms with Crippen LogP contribution < -0.4 is 21.1 Å². The number of fused-ring (bicyclic) bond motifs is 2. The van der Waals surface area contributed by atoms with Crippen molar-refractivity contribution >= 4 is 86.8 Å². The number of hydrogen-bond donors (Lipinski definition) is 4. The molecule has 7 rings (SSSR count). The number of ketones is 1. The minimum absolute atomic E-state index is 0.0584. The normalized spacial score (nSPS) is 13.7. The molecule has 0 spiro atoms. The monoisotopic (exact) mass is 760 g/mol. The fraction of sp³-hybridized carbons (Fsp3) is 0.0682. The van der Waals surface area contributed by atoms with Crippen LogP contribution in [0.3, 0.4) is 0 Å². The molecule has 1 unspecified atom stereocenters. The van der Waals surface area contributed by atoms with Crippen LogP contribution in [0.15, 0.2) is 142 Å². The zero-order valence-corrected chi connectivity index (χ0v) is 30.6. The lowest BCUT2D eigenvalue weighted by Crippen LogP contribution is -2.34. The number of benzene rings is 6. The van der Waals surface area contributed by atoms with Gasteiger partial charge in [0.25, 0.3) is 5.91 Å². The highest BCUT2D eigenvalue weighted by molar-refractivity contribution is 6.31. The number of hydrogen-bond acceptors (Lipinski definition) is 9. The molecule has 0 radical (unpaired) electrons. The van der Waals surface area contributed by atoms with Gasteiger partial charge in [-0.05, 0) is 113 Å². The van der Waals surface area contributed by atoms with E-state index in [9.17, 15) is 24.6 Å². The number of urea groups is 1. The lowest BCUT2D eigenvalue weighted by molar-refractivity contribution is 0.0966. The van der Waals surface area contributed by atoms with Gasteiger partial charge in [0.15, 0.2) is 5.78 Å². The van der Waals surface area contributed by atoms with Gasteiger partial charge in [0.05, 0.1) is 11.4 Å². The van der Waals surface area contributed by atoms with E-state index in [1.807, 2.05) is 6.07 Å². The van der Waals surface area contributed by atoms with Crippen molar-refractivity contribution < 1.29 is 24.6 Å². The van der Waals surface area contributed by atoms with Crippen molar-refractivity contribution in [2.24, 2.45) is 26.4 Å². The Bertz CT molecular complexity index is 2730. The first-order valence-corrected chi connectivity index (χ1v) is 17.9. The van der Waals surface area contributed by atoms with E-state index in [0.717, 1.165) is 22.4 Å². The molecule has 1 atom stereocenters. The summed E-state index contributed by atoms with van der Waals surface area (Å²) in [4.78, 5) is 38.1. The quantitative estimate of drug-likeness (QED) is 0.0653. The number of anilines is 1. The van der Waals surface area contributed by atoms with Crippen molar-refractivity contribution in [2.75, 3.05) is 5.32 Å². The van der Waals surface area contributed by atoms with Crippen LogP contribution >= 0.6 is 11.6 Å². The van der Waals surface area contributed by atoms with E-state index in [1.54, 1.807) is 103 Å². The molecule has 0 saturated carbocycles. The van der Waals surface area contributed by atoms with Gasteiger partial charge in [0, 0.05) is 32.4 Å². The van der Waals surface area contributed by atoms with Crippen LogP contribution in [0.5, 0.6) is 11.5 Å². The largest absolute Gasteiger partial charge is 0.506 e. The number of nitrogens with one attached hydrogen (secondary N) is 2. The number of phenols is 2. The molecule has 0 heterocycles. The third kappa shape index (κ3) is 8.75.